The van der Waals surface area contributed by atoms with E-state index in [-0.39, 0.29) is 0 Å². The van der Waals surface area contributed by atoms with E-state index in [1.165, 1.54) is 6.08 Å². The molecule has 0 aromatic heterocycles. The van der Waals surface area contributed by atoms with Gasteiger partial charge in [0, 0.05) is 6.07 Å². The molecule has 0 radical (unpaired) electrons. The van der Waals surface area contributed by atoms with Crippen LogP contribution in [0.15, 0.2) is 42.5 Å². The number of aryl methyl sites for hydroxylation is 2. The minimum atomic E-state index is 0.730. The van der Waals surface area contributed by atoms with Gasteiger partial charge in [0.15, 0.2) is 0 Å². The summed E-state index contributed by atoms with van der Waals surface area (Å²) in [7, 11) is 1.64. The first-order valence-electron chi connectivity index (χ1n) is 6.69. The van der Waals surface area contributed by atoms with Gasteiger partial charge in [-0.05, 0) is 54.8 Å². The van der Waals surface area contributed by atoms with Crippen molar-refractivity contribution in [2.75, 3.05) is 7.11 Å². The topological polar surface area (TPSA) is 35.5 Å². The Labute approximate surface area is 124 Å². The summed E-state index contributed by atoms with van der Waals surface area (Å²) in [5, 5.41) is 0. The van der Waals surface area contributed by atoms with Gasteiger partial charge in [-0.2, -0.15) is 0 Å². The van der Waals surface area contributed by atoms with E-state index >= 15 is 0 Å². The zero-order chi connectivity index (χ0) is 15.2. The fourth-order valence-corrected chi connectivity index (χ4v) is 2.04. The summed E-state index contributed by atoms with van der Waals surface area (Å²) >= 11 is 0. The lowest BCUT2D eigenvalue weighted by Crippen LogP contribution is -1.90. The van der Waals surface area contributed by atoms with Gasteiger partial charge in [-0.3, -0.25) is 4.79 Å². The quantitative estimate of drug-likeness (QED) is 0.605. The molecule has 0 aliphatic rings. The van der Waals surface area contributed by atoms with Gasteiger partial charge in [0.2, 0.25) is 0 Å². The molecule has 108 valence electrons. The number of hydrogen-bond acceptors (Lipinski definition) is 3. The molecule has 0 aliphatic carbocycles. The molecule has 0 saturated heterocycles. The fraction of sp³-hybridized carbons (Fsp3) is 0.167. The van der Waals surface area contributed by atoms with Crippen molar-refractivity contribution in [2.45, 2.75) is 13.8 Å². The van der Waals surface area contributed by atoms with Gasteiger partial charge in [0.1, 0.15) is 23.5 Å². The van der Waals surface area contributed by atoms with Crippen LogP contribution in [0.1, 0.15) is 16.7 Å². The number of methoxy groups -OCH3 is 1. The van der Waals surface area contributed by atoms with Gasteiger partial charge in [-0.25, -0.2) is 0 Å². The molecule has 2 aromatic rings. The van der Waals surface area contributed by atoms with Crippen molar-refractivity contribution in [3.05, 3.63) is 59.2 Å². The lowest BCUT2D eigenvalue weighted by Gasteiger charge is -2.10. The lowest BCUT2D eigenvalue weighted by atomic mass is 10.1. The second-order valence-electron chi connectivity index (χ2n) is 4.75. The molecule has 0 saturated carbocycles. The molecule has 0 fully saturated rings. The van der Waals surface area contributed by atoms with Crippen LogP contribution in [0.5, 0.6) is 17.2 Å². The Bertz CT molecular complexity index is 672. The summed E-state index contributed by atoms with van der Waals surface area (Å²) in [4.78, 5) is 10.4. The highest BCUT2D eigenvalue weighted by Gasteiger charge is 2.04. The van der Waals surface area contributed by atoms with Gasteiger partial charge in [0.25, 0.3) is 0 Å². The summed E-state index contributed by atoms with van der Waals surface area (Å²) in [6, 6.07) is 11.5. The van der Waals surface area contributed by atoms with Gasteiger partial charge >= 0.3 is 0 Å². The molecule has 2 aromatic carbocycles. The number of benzene rings is 2. The molecule has 21 heavy (non-hydrogen) atoms. The highest BCUT2D eigenvalue weighted by atomic mass is 16.5. The first kappa shape index (κ1) is 14.9. The number of carbonyl (C=O) groups is 1. The van der Waals surface area contributed by atoms with Crippen molar-refractivity contribution >= 4 is 12.4 Å². The monoisotopic (exact) mass is 282 g/mol. The summed E-state index contributed by atoms with van der Waals surface area (Å²) < 4.78 is 11.1. The molecule has 0 atom stereocenters. The average Bonchev–Trinajstić information content (AvgIpc) is 2.48. The molecule has 0 N–H and O–H groups in total. The van der Waals surface area contributed by atoms with Gasteiger partial charge < -0.3 is 9.47 Å². The Kier molecular flexibility index (Phi) is 4.77. The molecule has 0 spiro atoms. The SMILES string of the molecule is COc1cc(Oc2ccc(/C=C/C=O)c(C)c2)ccc1C. The summed E-state index contributed by atoms with van der Waals surface area (Å²) in [6.07, 6.45) is 4.02. The maximum Gasteiger partial charge on any atom is 0.142 e. The first-order chi connectivity index (χ1) is 10.1. The van der Waals surface area contributed by atoms with Crippen LogP contribution in [0.3, 0.4) is 0 Å². The molecular formula is C18H18O3. The van der Waals surface area contributed by atoms with Crippen LogP contribution in [-0.4, -0.2) is 13.4 Å². The lowest BCUT2D eigenvalue weighted by molar-refractivity contribution is -0.104. The number of aldehydes is 1. The molecule has 2 rings (SSSR count). The molecule has 3 heteroatoms. The molecule has 0 aliphatic heterocycles. The van der Waals surface area contributed by atoms with E-state index in [1.54, 1.807) is 13.2 Å². The highest BCUT2D eigenvalue weighted by molar-refractivity contribution is 5.74. The predicted octanol–water partition coefficient (Wildman–Crippen LogP) is 4.32. The van der Waals surface area contributed by atoms with Crippen molar-refractivity contribution in [3.8, 4) is 17.2 Å². The second-order valence-corrected chi connectivity index (χ2v) is 4.75. The molecule has 0 bridgehead atoms. The Balaban J connectivity index is 2.22. The summed E-state index contributed by atoms with van der Waals surface area (Å²) in [5.41, 5.74) is 3.11. The molecular weight excluding hydrogens is 264 g/mol. The minimum Gasteiger partial charge on any atom is -0.496 e. The van der Waals surface area contributed by atoms with E-state index in [0.29, 0.717) is 0 Å². The zero-order valence-corrected chi connectivity index (χ0v) is 12.4. The zero-order valence-electron chi connectivity index (χ0n) is 12.4. The first-order valence-corrected chi connectivity index (χ1v) is 6.69. The Morgan fingerprint density at radius 2 is 1.67 bits per heavy atom. The second kappa shape index (κ2) is 6.75. The minimum absolute atomic E-state index is 0.730. The molecule has 0 unspecified atom stereocenters. The third kappa shape index (κ3) is 3.72. The van der Waals surface area contributed by atoms with Crippen molar-refractivity contribution in [3.63, 3.8) is 0 Å². The maximum atomic E-state index is 10.4. The Hall–Kier alpha value is -2.55. The maximum absolute atomic E-state index is 10.4. The Morgan fingerprint density at radius 3 is 2.33 bits per heavy atom. The van der Waals surface area contributed by atoms with Gasteiger partial charge in [-0.1, -0.05) is 18.2 Å². The van der Waals surface area contributed by atoms with Crippen LogP contribution in [0.4, 0.5) is 0 Å². The van der Waals surface area contributed by atoms with Crippen LogP contribution < -0.4 is 9.47 Å². The third-order valence-electron chi connectivity index (χ3n) is 3.21. The number of ether oxygens (including phenoxy) is 2. The molecule has 3 nitrogen and oxygen atoms in total. The normalized spacial score (nSPS) is 10.6. The van der Waals surface area contributed by atoms with E-state index in [0.717, 1.165) is 40.2 Å². The number of carbonyl (C=O) groups excluding carboxylic acids is 1. The third-order valence-corrected chi connectivity index (χ3v) is 3.21. The van der Waals surface area contributed by atoms with Crippen LogP contribution in [-0.2, 0) is 4.79 Å². The predicted molar refractivity (Wildman–Crippen MR) is 84.1 cm³/mol. The van der Waals surface area contributed by atoms with E-state index in [1.807, 2.05) is 50.2 Å². The van der Waals surface area contributed by atoms with Crippen LogP contribution >= 0.6 is 0 Å². The summed E-state index contributed by atoms with van der Waals surface area (Å²) in [5.74, 6) is 2.28. The standard InChI is InChI=1S/C18H18O3/c1-13-6-8-17(12-18(13)20-3)21-16-9-7-15(5-4-10-19)14(2)11-16/h4-12H,1-3H3/b5-4+. The van der Waals surface area contributed by atoms with E-state index in [9.17, 15) is 4.79 Å². The fourth-order valence-electron chi connectivity index (χ4n) is 2.04. The molecule has 0 amide bonds. The van der Waals surface area contributed by atoms with Crippen molar-refractivity contribution in [1.82, 2.24) is 0 Å². The average molecular weight is 282 g/mol. The van der Waals surface area contributed by atoms with Crippen molar-refractivity contribution in [2.24, 2.45) is 0 Å². The van der Waals surface area contributed by atoms with Crippen molar-refractivity contribution < 1.29 is 14.3 Å². The van der Waals surface area contributed by atoms with E-state index in [2.05, 4.69) is 0 Å². The van der Waals surface area contributed by atoms with Crippen LogP contribution in [0.2, 0.25) is 0 Å². The number of rotatable bonds is 5. The largest absolute Gasteiger partial charge is 0.496 e. The molecule has 0 heterocycles. The van der Waals surface area contributed by atoms with E-state index < -0.39 is 0 Å². The smallest absolute Gasteiger partial charge is 0.142 e. The van der Waals surface area contributed by atoms with Gasteiger partial charge in [0.05, 0.1) is 7.11 Å². The van der Waals surface area contributed by atoms with Crippen molar-refractivity contribution in [1.29, 1.82) is 0 Å². The summed E-state index contributed by atoms with van der Waals surface area (Å²) in [6.45, 7) is 3.97. The van der Waals surface area contributed by atoms with Gasteiger partial charge in [-0.15, -0.1) is 0 Å². The van der Waals surface area contributed by atoms with Crippen LogP contribution in [0, 0.1) is 13.8 Å². The van der Waals surface area contributed by atoms with E-state index in [4.69, 9.17) is 9.47 Å². The van der Waals surface area contributed by atoms with Crippen LogP contribution in [0.25, 0.3) is 6.08 Å². The Morgan fingerprint density at radius 1 is 0.952 bits per heavy atom. The highest BCUT2D eigenvalue weighted by Crippen LogP contribution is 2.29. The number of hydrogen-bond donors (Lipinski definition) is 0. The number of allylic oxidation sites excluding steroid dienone is 1.